The minimum atomic E-state index is -6.49. The lowest BCUT2D eigenvalue weighted by atomic mass is 10.0. The molecule has 0 unspecified atom stereocenters. The first-order valence-corrected chi connectivity index (χ1v) is 15.6. The second kappa shape index (κ2) is 17.6. The van der Waals surface area contributed by atoms with Gasteiger partial charge in [-0.3, -0.25) is 0 Å². The van der Waals surface area contributed by atoms with Gasteiger partial charge in [0.05, 0.1) is 30.4 Å². The largest absolute Gasteiger partial charge is 0.490 e. The van der Waals surface area contributed by atoms with Crippen LogP contribution in [-0.4, -0.2) is 55.9 Å². The Labute approximate surface area is 282 Å². The van der Waals surface area contributed by atoms with Gasteiger partial charge >= 0.3 is 30.0 Å². The Morgan fingerprint density at radius 1 is 0.720 bits per heavy atom. The molecule has 0 bridgehead atoms. The summed E-state index contributed by atoms with van der Waals surface area (Å²) in [5, 5.41) is 0. The van der Waals surface area contributed by atoms with Crippen molar-refractivity contribution in [3.63, 3.8) is 0 Å². The molecule has 1 atom stereocenters. The molecule has 6 nitrogen and oxygen atoms in total. The van der Waals surface area contributed by atoms with E-state index < -0.39 is 72.7 Å². The van der Waals surface area contributed by atoms with Crippen LogP contribution in [-0.2, 0) is 9.47 Å². The van der Waals surface area contributed by atoms with Crippen LogP contribution in [0.25, 0.3) is 11.1 Å². The van der Waals surface area contributed by atoms with Gasteiger partial charge in [-0.2, -0.15) is 35.1 Å². The molecular formula is C35H35F9O6. The van der Waals surface area contributed by atoms with Crippen LogP contribution < -0.4 is 9.47 Å². The zero-order valence-corrected chi connectivity index (χ0v) is 27.1. The van der Waals surface area contributed by atoms with E-state index in [2.05, 4.69) is 11.7 Å². The van der Waals surface area contributed by atoms with Crippen LogP contribution in [0, 0.1) is 11.6 Å². The van der Waals surface area contributed by atoms with Crippen molar-refractivity contribution in [3.05, 3.63) is 83.4 Å². The average molecular weight is 723 g/mol. The summed E-state index contributed by atoms with van der Waals surface area (Å²) in [4.78, 5) is 25.0. The van der Waals surface area contributed by atoms with E-state index in [1.54, 1.807) is 36.4 Å². The number of unbranched alkanes of at least 4 members (excludes halogenated alkanes) is 3. The normalized spacial score (nSPS) is 12.8. The SMILES string of the molecule is CCCCCC[C@@H](C)OC(=O)c1ccc(-c2ccc(OC(=O)c3ccc(OCCCOCC(F)(F)C(F)(F)C(F)(F)F)c(F)c3F)cc2)cc1. The Morgan fingerprint density at radius 3 is 1.94 bits per heavy atom. The standard InChI is InChI=1S/C35H35F9O6/c1-3-4-5-6-8-22(2)49-31(45)25-11-9-23(10-12-25)24-13-15-26(16-14-24)50-32(46)27-17-18-28(30(37)29(27)36)48-20-7-19-47-21-33(38,39)34(40,41)35(42,43)44/h9-18,22H,3-8,19-21H2,1-2H3/t22-/m1/s1. The lowest BCUT2D eigenvalue weighted by molar-refractivity contribution is -0.361. The number of hydrogen-bond donors (Lipinski definition) is 0. The van der Waals surface area contributed by atoms with Gasteiger partial charge < -0.3 is 18.9 Å². The van der Waals surface area contributed by atoms with Gasteiger partial charge in [0.1, 0.15) is 12.4 Å². The Balaban J connectivity index is 1.49. The summed E-state index contributed by atoms with van der Waals surface area (Å²) < 4.78 is 138. The summed E-state index contributed by atoms with van der Waals surface area (Å²) in [6.45, 7) is 0.436. The first-order valence-electron chi connectivity index (χ1n) is 15.6. The molecule has 274 valence electrons. The highest BCUT2D eigenvalue weighted by atomic mass is 19.4. The highest BCUT2D eigenvalue weighted by Crippen LogP contribution is 2.46. The Kier molecular flexibility index (Phi) is 14.1. The van der Waals surface area contributed by atoms with E-state index in [0.29, 0.717) is 11.1 Å². The van der Waals surface area contributed by atoms with Crippen molar-refractivity contribution < 1.29 is 68.1 Å². The molecule has 0 N–H and O–H groups in total. The van der Waals surface area contributed by atoms with Crippen LogP contribution in [0.15, 0.2) is 60.7 Å². The van der Waals surface area contributed by atoms with Gasteiger partial charge in [-0.15, -0.1) is 0 Å². The number of carbonyl (C=O) groups excluding carboxylic acids is 2. The molecule has 0 fully saturated rings. The van der Waals surface area contributed by atoms with Crippen molar-refractivity contribution in [1.29, 1.82) is 0 Å². The molecule has 0 aromatic heterocycles. The van der Waals surface area contributed by atoms with Crippen LogP contribution in [0.5, 0.6) is 11.5 Å². The van der Waals surface area contributed by atoms with Crippen LogP contribution in [0.4, 0.5) is 39.5 Å². The lowest BCUT2D eigenvalue weighted by Gasteiger charge is -2.27. The molecule has 3 rings (SSSR count). The predicted molar refractivity (Wildman–Crippen MR) is 164 cm³/mol. The van der Waals surface area contributed by atoms with E-state index >= 15 is 0 Å². The molecule has 0 aliphatic heterocycles. The molecule has 0 spiro atoms. The van der Waals surface area contributed by atoms with Gasteiger partial charge in [0, 0.05) is 6.42 Å². The topological polar surface area (TPSA) is 71.1 Å². The highest BCUT2D eigenvalue weighted by molar-refractivity contribution is 5.92. The summed E-state index contributed by atoms with van der Waals surface area (Å²) >= 11 is 0. The van der Waals surface area contributed by atoms with E-state index in [0.717, 1.165) is 49.8 Å². The van der Waals surface area contributed by atoms with Gasteiger partial charge in [0.25, 0.3) is 0 Å². The van der Waals surface area contributed by atoms with E-state index in [1.165, 1.54) is 12.1 Å². The van der Waals surface area contributed by atoms with Gasteiger partial charge in [-0.25, -0.2) is 14.0 Å². The quantitative estimate of drug-likeness (QED) is 0.0564. The third kappa shape index (κ3) is 10.6. The number of rotatable bonds is 18. The lowest BCUT2D eigenvalue weighted by Crippen LogP contribution is -2.54. The van der Waals surface area contributed by atoms with Crippen molar-refractivity contribution in [2.75, 3.05) is 19.8 Å². The first-order chi connectivity index (χ1) is 23.5. The molecule has 3 aromatic rings. The third-order valence-corrected chi connectivity index (χ3v) is 7.35. The van der Waals surface area contributed by atoms with E-state index in [1.807, 2.05) is 6.92 Å². The Bertz CT molecular complexity index is 1560. The summed E-state index contributed by atoms with van der Waals surface area (Å²) in [7, 11) is 0. The number of benzene rings is 3. The fourth-order valence-electron chi connectivity index (χ4n) is 4.49. The molecule has 0 radical (unpaired) electrons. The summed E-state index contributed by atoms with van der Waals surface area (Å²) in [5.74, 6) is -17.4. The van der Waals surface area contributed by atoms with Crippen molar-refractivity contribution in [2.24, 2.45) is 0 Å². The Hall–Kier alpha value is -4.27. The number of hydrogen-bond acceptors (Lipinski definition) is 6. The number of ether oxygens (including phenoxy) is 4. The predicted octanol–water partition coefficient (Wildman–Crippen LogP) is 9.99. The fourth-order valence-corrected chi connectivity index (χ4v) is 4.49. The highest BCUT2D eigenvalue weighted by Gasteiger charge is 2.73. The summed E-state index contributed by atoms with van der Waals surface area (Å²) in [6, 6.07) is 14.5. The first kappa shape index (κ1) is 40.2. The summed E-state index contributed by atoms with van der Waals surface area (Å²) in [6.07, 6.45) is -1.96. The van der Waals surface area contributed by atoms with Crippen molar-refractivity contribution in [3.8, 4) is 22.6 Å². The maximum absolute atomic E-state index is 14.7. The average Bonchev–Trinajstić information content (AvgIpc) is 3.06. The van der Waals surface area contributed by atoms with Gasteiger partial charge in [0.2, 0.25) is 5.82 Å². The van der Waals surface area contributed by atoms with E-state index in [-0.39, 0.29) is 18.3 Å². The minimum absolute atomic E-state index is 0.00517. The number of carbonyl (C=O) groups is 2. The molecule has 0 aliphatic carbocycles. The third-order valence-electron chi connectivity index (χ3n) is 7.35. The van der Waals surface area contributed by atoms with Crippen molar-refractivity contribution in [2.45, 2.75) is 76.5 Å². The van der Waals surface area contributed by atoms with E-state index in [4.69, 9.17) is 14.2 Å². The number of esters is 2. The van der Waals surface area contributed by atoms with Gasteiger partial charge in [0.15, 0.2) is 11.6 Å². The molecule has 50 heavy (non-hydrogen) atoms. The Morgan fingerprint density at radius 2 is 1.34 bits per heavy atom. The number of alkyl halides is 7. The molecular weight excluding hydrogens is 687 g/mol. The zero-order chi connectivity index (χ0) is 37.1. The second-order valence-electron chi connectivity index (χ2n) is 11.3. The molecule has 15 heteroatoms. The second-order valence-corrected chi connectivity index (χ2v) is 11.3. The molecule has 0 aliphatic rings. The smallest absolute Gasteiger partial charge is 0.459 e. The maximum Gasteiger partial charge on any atom is 0.459 e. The molecule has 0 amide bonds. The van der Waals surface area contributed by atoms with Crippen LogP contribution >= 0.6 is 0 Å². The molecule has 0 heterocycles. The summed E-state index contributed by atoms with van der Waals surface area (Å²) in [5.41, 5.74) is 1.04. The molecule has 3 aromatic carbocycles. The molecule has 0 saturated carbocycles. The van der Waals surface area contributed by atoms with Crippen LogP contribution in [0.3, 0.4) is 0 Å². The van der Waals surface area contributed by atoms with Crippen molar-refractivity contribution >= 4 is 11.9 Å². The molecule has 0 saturated heterocycles. The van der Waals surface area contributed by atoms with Gasteiger partial charge in [-0.1, -0.05) is 50.5 Å². The maximum atomic E-state index is 14.7. The van der Waals surface area contributed by atoms with Crippen LogP contribution in [0.1, 0.15) is 73.1 Å². The van der Waals surface area contributed by atoms with Crippen molar-refractivity contribution in [1.82, 2.24) is 0 Å². The van der Waals surface area contributed by atoms with Crippen LogP contribution in [0.2, 0.25) is 0 Å². The monoisotopic (exact) mass is 722 g/mol. The van der Waals surface area contributed by atoms with Gasteiger partial charge in [-0.05, 0) is 67.3 Å². The minimum Gasteiger partial charge on any atom is -0.490 e. The number of halogens is 9. The van der Waals surface area contributed by atoms with E-state index in [9.17, 15) is 49.1 Å². The zero-order valence-electron chi connectivity index (χ0n) is 27.1. The fraction of sp³-hybridized carbons (Fsp3) is 0.429.